The molecular weight excluding hydrogens is 392 g/mol. The molecule has 0 fully saturated rings. The van der Waals surface area contributed by atoms with E-state index >= 15 is 0 Å². The third kappa shape index (κ3) is 18.3. The number of allylic oxidation sites excluding steroid dienone is 10. The molecule has 0 aromatic rings. The average Bonchev–Trinajstić information content (AvgIpc) is 2.64. The third-order valence-corrected chi connectivity index (χ3v) is 4.48. The van der Waals surface area contributed by atoms with E-state index in [0.29, 0.717) is 0 Å². The summed E-state index contributed by atoms with van der Waals surface area (Å²) >= 11 is 0. The molecular formula is C30H42O2. The van der Waals surface area contributed by atoms with Gasteiger partial charge in [0.25, 0.3) is 0 Å². The van der Waals surface area contributed by atoms with Gasteiger partial charge in [-0.15, -0.1) is 0 Å². The van der Waals surface area contributed by atoms with Crippen LogP contribution in [-0.2, 0) is 0 Å². The molecule has 0 amide bonds. The van der Waals surface area contributed by atoms with Crippen LogP contribution in [0.5, 0.6) is 0 Å². The van der Waals surface area contributed by atoms with Gasteiger partial charge in [0.1, 0.15) is 11.2 Å². The normalized spacial score (nSPS) is 15.8. The van der Waals surface area contributed by atoms with Gasteiger partial charge in [0, 0.05) is 0 Å². The Labute approximate surface area is 197 Å². The van der Waals surface area contributed by atoms with Gasteiger partial charge < -0.3 is 10.2 Å². The van der Waals surface area contributed by atoms with Crippen molar-refractivity contribution in [3.63, 3.8) is 0 Å². The van der Waals surface area contributed by atoms with E-state index in [9.17, 15) is 10.2 Å². The first-order valence-corrected chi connectivity index (χ1v) is 11.3. The van der Waals surface area contributed by atoms with Gasteiger partial charge in [-0.2, -0.15) is 0 Å². The Kier molecular flexibility index (Phi) is 14.1. The topological polar surface area (TPSA) is 40.5 Å². The van der Waals surface area contributed by atoms with Crippen LogP contribution in [0.15, 0.2) is 70.9 Å². The lowest BCUT2D eigenvalue weighted by Crippen LogP contribution is -2.18. The minimum atomic E-state index is -1.28. The lowest BCUT2D eigenvalue weighted by atomic mass is 10.0. The predicted molar refractivity (Wildman–Crippen MR) is 140 cm³/mol. The molecule has 0 rings (SSSR count). The molecule has 2 atom stereocenters. The summed E-state index contributed by atoms with van der Waals surface area (Å²) in [5, 5.41) is 20.7. The number of aliphatic hydroxyl groups is 2. The zero-order chi connectivity index (χ0) is 24.6. The smallest absolute Gasteiger partial charge is 0.142 e. The quantitative estimate of drug-likeness (QED) is 0.221. The molecule has 0 aliphatic rings. The molecule has 0 aromatic carbocycles. The van der Waals surface area contributed by atoms with Gasteiger partial charge in [0.2, 0.25) is 0 Å². The van der Waals surface area contributed by atoms with Gasteiger partial charge in [0.15, 0.2) is 0 Å². The summed E-state index contributed by atoms with van der Waals surface area (Å²) in [5.41, 5.74) is 2.57. The fourth-order valence-corrected chi connectivity index (χ4v) is 2.54. The Morgan fingerprint density at radius 2 is 1.00 bits per heavy atom. The zero-order valence-electron chi connectivity index (χ0n) is 21.3. The summed E-state index contributed by atoms with van der Waals surface area (Å²) in [7, 11) is 0. The minimum Gasteiger partial charge on any atom is -0.374 e. The van der Waals surface area contributed by atoms with E-state index in [0.717, 1.165) is 25.7 Å². The molecule has 0 spiro atoms. The summed E-state index contributed by atoms with van der Waals surface area (Å²) in [4.78, 5) is 0. The molecule has 0 saturated carbocycles. The first kappa shape index (κ1) is 29.5. The van der Waals surface area contributed by atoms with Crippen LogP contribution in [-0.4, -0.2) is 21.4 Å². The second kappa shape index (κ2) is 15.3. The van der Waals surface area contributed by atoms with E-state index in [2.05, 4.69) is 77.4 Å². The van der Waals surface area contributed by atoms with Crippen molar-refractivity contribution >= 4 is 0 Å². The highest BCUT2D eigenvalue weighted by atomic mass is 16.3. The Morgan fingerprint density at radius 3 is 1.31 bits per heavy atom. The SMILES string of the molecule is CC(C)=CCCC(C)=CC=CC(C)(O)C#CC#CC(C)(O)C=CC=C(C)CCC=C(C)C. The van der Waals surface area contributed by atoms with E-state index in [1.807, 2.05) is 24.3 Å². The van der Waals surface area contributed by atoms with Crippen molar-refractivity contribution in [3.8, 4) is 23.7 Å². The molecule has 0 saturated heterocycles. The third-order valence-electron chi connectivity index (χ3n) is 4.48. The van der Waals surface area contributed by atoms with Gasteiger partial charge in [-0.3, -0.25) is 0 Å². The van der Waals surface area contributed by atoms with Gasteiger partial charge in [-0.25, -0.2) is 0 Å². The molecule has 0 radical (unpaired) electrons. The molecule has 2 unspecified atom stereocenters. The largest absolute Gasteiger partial charge is 0.374 e. The van der Waals surface area contributed by atoms with Crippen molar-refractivity contribution < 1.29 is 10.2 Å². The molecule has 2 nitrogen and oxygen atoms in total. The van der Waals surface area contributed by atoms with Gasteiger partial charge in [-0.1, -0.05) is 70.6 Å². The number of rotatable bonds is 10. The van der Waals surface area contributed by atoms with Crippen molar-refractivity contribution in [1.29, 1.82) is 0 Å². The van der Waals surface area contributed by atoms with Crippen molar-refractivity contribution in [2.24, 2.45) is 0 Å². The molecule has 174 valence electrons. The summed E-state index contributed by atoms with van der Waals surface area (Å²) in [5.74, 6) is 10.7. The Morgan fingerprint density at radius 1 is 0.656 bits per heavy atom. The average molecular weight is 435 g/mol. The van der Waals surface area contributed by atoms with Gasteiger partial charge in [-0.05, 0) is 105 Å². The Hall–Kier alpha value is -2.52. The summed E-state index contributed by atoms with van der Waals surface area (Å²) in [6.45, 7) is 15.8. The van der Waals surface area contributed by atoms with Crippen molar-refractivity contribution in [2.45, 2.75) is 92.3 Å². The molecule has 2 N–H and O–H groups in total. The number of hydrogen-bond acceptors (Lipinski definition) is 2. The summed E-state index contributed by atoms with van der Waals surface area (Å²) in [6, 6.07) is 0. The minimum absolute atomic E-state index is 0.988. The number of hydrogen-bond donors (Lipinski definition) is 2. The van der Waals surface area contributed by atoms with E-state index in [-0.39, 0.29) is 0 Å². The highest BCUT2D eigenvalue weighted by molar-refractivity contribution is 5.36. The Balaban J connectivity index is 4.87. The van der Waals surface area contributed by atoms with Crippen molar-refractivity contribution in [1.82, 2.24) is 0 Å². The van der Waals surface area contributed by atoms with Gasteiger partial charge >= 0.3 is 0 Å². The highest BCUT2D eigenvalue weighted by Crippen LogP contribution is 2.10. The zero-order valence-corrected chi connectivity index (χ0v) is 21.3. The molecule has 0 aliphatic carbocycles. The van der Waals surface area contributed by atoms with E-state index in [4.69, 9.17) is 0 Å². The second-order valence-electron chi connectivity index (χ2n) is 9.18. The van der Waals surface area contributed by atoms with Crippen LogP contribution in [0.25, 0.3) is 0 Å². The first-order valence-electron chi connectivity index (χ1n) is 11.3. The molecule has 2 heteroatoms. The summed E-state index contributed by atoms with van der Waals surface area (Å²) < 4.78 is 0. The Bertz CT molecular complexity index is 808. The molecule has 0 aromatic heterocycles. The monoisotopic (exact) mass is 434 g/mol. The van der Waals surface area contributed by atoms with E-state index in [1.54, 1.807) is 26.0 Å². The molecule has 0 bridgehead atoms. The highest BCUT2D eigenvalue weighted by Gasteiger charge is 2.12. The van der Waals surface area contributed by atoms with Crippen LogP contribution >= 0.6 is 0 Å². The molecule has 0 heterocycles. The second-order valence-corrected chi connectivity index (χ2v) is 9.18. The van der Waals surface area contributed by atoms with Gasteiger partial charge in [0.05, 0.1) is 0 Å². The lowest BCUT2D eigenvalue weighted by Gasteiger charge is -2.09. The molecule has 0 aliphatic heterocycles. The fraction of sp³-hybridized carbons (Fsp3) is 0.467. The van der Waals surface area contributed by atoms with Crippen LogP contribution < -0.4 is 0 Å². The van der Waals surface area contributed by atoms with Crippen LogP contribution in [0.4, 0.5) is 0 Å². The van der Waals surface area contributed by atoms with Crippen LogP contribution in [0.3, 0.4) is 0 Å². The standard InChI is InChI=1S/C30H42O2/c1-25(2)15-11-17-27(5)19-13-23-29(7,31)21-9-10-22-30(8,32)24-14-20-28(6)18-12-16-26(3)4/h13-16,19-20,23-24,31-32H,11-12,17-18H2,1-8H3. The van der Waals surface area contributed by atoms with E-state index in [1.165, 1.54) is 22.3 Å². The summed E-state index contributed by atoms with van der Waals surface area (Å²) in [6.07, 6.45) is 19.4. The fourth-order valence-electron chi connectivity index (χ4n) is 2.54. The van der Waals surface area contributed by atoms with E-state index < -0.39 is 11.2 Å². The van der Waals surface area contributed by atoms with Crippen LogP contribution in [0.2, 0.25) is 0 Å². The maximum atomic E-state index is 10.4. The lowest BCUT2D eigenvalue weighted by molar-refractivity contribution is 0.173. The maximum absolute atomic E-state index is 10.4. The van der Waals surface area contributed by atoms with Crippen molar-refractivity contribution in [2.75, 3.05) is 0 Å². The molecule has 32 heavy (non-hydrogen) atoms. The maximum Gasteiger partial charge on any atom is 0.142 e. The van der Waals surface area contributed by atoms with Crippen LogP contribution in [0.1, 0.15) is 81.1 Å². The first-order chi connectivity index (χ1) is 14.8. The van der Waals surface area contributed by atoms with Crippen molar-refractivity contribution in [3.05, 3.63) is 70.9 Å². The predicted octanol–water partition coefficient (Wildman–Crippen LogP) is 6.99. The van der Waals surface area contributed by atoms with Crippen LogP contribution in [0, 0.1) is 23.7 Å².